The lowest BCUT2D eigenvalue weighted by Crippen LogP contribution is -2.28. The fraction of sp³-hybridized carbons (Fsp3) is 0.600. The first-order valence-electron chi connectivity index (χ1n) is 12.4. The molecule has 1 fully saturated rings. The number of amides is 1. The molecular formula is C25H38N6O2Si. The molecule has 2 N–H and O–H groups in total. The zero-order valence-electron chi connectivity index (χ0n) is 20.9. The summed E-state index contributed by atoms with van der Waals surface area (Å²) in [6.07, 6.45) is 12.7. The lowest BCUT2D eigenvalue weighted by molar-refractivity contribution is -0.119. The largest absolute Gasteiger partial charge is 0.370 e. The molecule has 0 aliphatic heterocycles. The van der Waals surface area contributed by atoms with E-state index in [4.69, 9.17) is 10.5 Å². The number of aromatic nitrogens is 5. The van der Waals surface area contributed by atoms with E-state index in [2.05, 4.69) is 41.6 Å². The van der Waals surface area contributed by atoms with E-state index in [9.17, 15) is 4.79 Å². The smallest absolute Gasteiger partial charge is 0.219 e. The van der Waals surface area contributed by atoms with Gasteiger partial charge in [0.2, 0.25) is 5.91 Å². The van der Waals surface area contributed by atoms with Gasteiger partial charge in [0.05, 0.1) is 17.9 Å². The summed E-state index contributed by atoms with van der Waals surface area (Å²) in [5, 5.41) is 5.62. The number of primary amides is 1. The van der Waals surface area contributed by atoms with Gasteiger partial charge < -0.3 is 15.0 Å². The number of ether oxygens (including phenoxy) is 1. The predicted molar refractivity (Wildman–Crippen MR) is 137 cm³/mol. The fourth-order valence-electron chi connectivity index (χ4n) is 5.04. The molecular weight excluding hydrogens is 444 g/mol. The van der Waals surface area contributed by atoms with Crippen molar-refractivity contribution in [1.82, 2.24) is 24.3 Å². The predicted octanol–water partition coefficient (Wildman–Crippen LogP) is 4.85. The molecule has 1 amide bonds. The van der Waals surface area contributed by atoms with E-state index in [1.54, 1.807) is 6.33 Å². The normalized spacial score (nSPS) is 16.8. The van der Waals surface area contributed by atoms with Gasteiger partial charge in [0.1, 0.15) is 18.7 Å². The Morgan fingerprint density at radius 3 is 2.74 bits per heavy atom. The van der Waals surface area contributed by atoms with Crippen LogP contribution in [0.25, 0.3) is 22.3 Å². The van der Waals surface area contributed by atoms with Crippen LogP contribution >= 0.6 is 0 Å². The van der Waals surface area contributed by atoms with Crippen molar-refractivity contribution in [1.29, 1.82) is 0 Å². The molecule has 0 bridgehead atoms. The number of nitrogens with zero attached hydrogens (tertiary/aromatic N) is 5. The third kappa shape index (κ3) is 5.75. The third-order valence-electron chi connectivity index (χ3n) is 7.16. The molecule has 0 spiro atoms. The minimum absolute atomic E-state index is 0.0453. The summed E-state index contributed by atoms with van der Waals surface area (Å²) in [6.45, 7) is 10.5. The molecule has 3 aromatic heterocycles. The van der Waals surface area contributed by atoms with Crippen LogP contribution in [0.4, 0.5) is 0 Å². The molecule has 2 atom stereocenters. The van der Waals surface area contributed by atoms with E-state index in [1.807, 2.05) is 33.9 Å². The number of rotatable bonds is 11. The molecule has 3 heterocycles. The molecule has 0 saturated heterocycles. The second-order valence-electron chi connectivity index (χ2n) is 10.9. The summed E-state index contributed by atoms with van der Waals surface area (Å²) < 4.78 is 9.88. The molecule has 184 valence electrons. The number of hydrogen-bond donors (Lipinski definition) is 1. The maximum Gasteiger partial charge on any atom is 0.219 e. The average Bonchev–Trinajstić information content (AvgIpc) is 3.54. The van der Waals surface area contributed by atoms with Gasteiger partial charge in [0, 0.05) is 44.4 Å². The summed E-state index contributed by atoms with van der Waals surface area (Å²) in [5.74, 6) is 0.655. The lowest BCUT2D eigenvalue weighted by Gasteiger charge is -2.28. The highest BCUT2D eigenvalue weighted by molar-refractivity contribution is 6.76. The minimum atomic E-state index is -1.12. The molecule has 3 aromatic rings. The monoisotopic (exact) mass is 482 g/mol. The van der Waals surface area contributed by atoms with E-state index < -0.39 is 8.07 Å². The van der Waals surface area contributed by atoms with Gasteiger partial charge in [0.25, 0.3) is 0 Å². The van der Waals surface area contributed by atoms with Crippen LogP contribution < -0.4 is 5.73 Å². The number of carbonyl (C=O) groups is 1. The summed E-state index contributed by atoms with van der Waals surface area (Å²) in [7, 11) is -1.12. The first kappa shape index (κ1) is 24.6. The third-order valence-corrected chi connectivity index (χ3v) is 8.86. The molecule has 9 heteroatoms. The highest BCUT2D eigenvalue weighted by Crippen LogP contribution is 2.38. The summed E-state index contributed by atoms with van der Waals surface area (Å²) in [4.78, 5) is 20.9. The Morgan fingerprint density at radius 2 is 2.03 bits per heavy atom. The van der Waals surface area contributed by atoms with E-state index >= 15 is 0 Å². The second-order valence-corrected chi connectivity index (χ2v) is 16.6. The second kappa shape index (κ2) is 10.4. The van der Waals surface area contributed by atoms with Crippen molar-refractivity contribution < 1.29 is 9.53 Å². The van der Waals surface area contributed by atoms with Crippen LogP contribution in [0.1, 0.15) is 45.1 Å². The SMILES string of the molecule is CC(C1CCCC1)C(CC(N)=O)n1cc(-c2ncnc3c2ccn3COCC[Si](C)(C)C)cn1. The van der Waals surface area contributed by atoms with E-state index in [0.29, 0.717) is 25.0 Å². The molecule has 1 aliphatic rings. The van der Waals surface area contributed by atoms with Gasteiger partial charge in [-0.1, -0.05) is 52.2 Å². The molecule has 0 aromatic carbocycles. The van der Waals surface area contributed by atoms with Crippen molar-refractivity contribution in [2.45, 2.75) is 77.5 Å². The molecule has 2 unspecified atom stereocenters. The van der Waals surface area contributed by atoms with Crippen molar-refractivity contribution in [3.8, 4) is 11.3 Å². The maximum absolute atomic E-state index is 11.9. The van der Waals surface area contributed by atoms with Crippen LogP contribution in [-0.2, 0) is 16.3 Å². The van der Waals surface area contributed by atoms with E-state index in [-0.39, 0.29) is 11.9 Å². The highest BCUT2D eigenvalue weighted by Gasteiger charge is 2.31. The van der Waals surface area contributed by atoms with E-state index in [1.165, 1.54) is 25.7 Å². The van der Waals surface area contributed by atoms with Crippen LogP contribution in [0.3, 0.4) is 0 Å². The van der Waals surface area contributed by atoms with Gasteiger partial charge in [-0.15, -0.1) is 0 Å². The standard InChI is InChI=1S/C25H38N6O2Si/c1-18(19-7-5-6-8-19)22(13-23(26)32)31-15-20(14-29-31)24-21-9-10-30(25(21)28-16-27-24)17-33-11-12-34(2,3)4/h9-10,14-16,18-19,22H,5-8,11-13,17H2,1-4H3,(H2,26,32). The molecule has 8 nitrogen and oxygen atoms in total. The van der Waals surface area contributed by atoms with Crippen LogP contribution in [0.5, 0.6) is 0 Å². The highest BCUT2D eigenvalue weighted by atomic mass is 28.3. The molecule has 0 radical (unpaired) electrons. The van der Waals surface area contributed by atoms with Gasteiger partial charge >= 0.3 is 0 Å². The molecule has 34 heavy (non-hydrogen) atoms. The Morgan fingerprint density at radius 1 is 1.26 bits per heavy atom. The Hall–Kier alpha value is -2.52. The number of nitrogens with two attached hydrogens (primary N) is 1. The van der Waals surface area contributed by atoms with Crippen molar-refractivity contribution in [2.75, 3.05) is 6.61 Å². The Balaban J connectivity index is 1.55. The summed E-state index contributed by atoms with van der Waals surface area (Å²) in [5.41, 5.74) is 8.22. The van der Waals surface area contributed by atoms with Crippen molar-refractivity contribution in [3.05, 3.63) is 31.0 Å². The van der Waals surface area contributed by atoms with Gasteiger partial charge in [-0.25, -0.2) is 9.97 Å². The van der Waals surface area contributed by atoms with Crippen molar-refractivity contribution >= 4 is 25.0 Å². The van der Waals surface area contributed by atoms with E-state index in [0.717, 1.165) is 34.9 Å². The van der Waals surface area contributed by atoms with Gasteiger partial charge in [-0.05, 0) is 23.9 Å². The van der Waals surface area contributed by atoms with Gasteiger partial charge in [0.15, 0.2) is 0 Å². The minimum Gasteiger partial charge on any atom is -0.370 e. The van der Waals surface area contributed by atoms with Crippen LogP contribution in [0, 0.1) is 11.8 Å². The zero-order chi connectivity index (χ0) is 24.3. The first-order chi connectivity index (χ1) is 16.2. The Bertz CT molecular complexity index is 1110. The molecule has 1 saturated carbocycles. The Kier molecular flexibility index (Phi) is 7.52. The average molecular weight is 483 g/mol. The summed E-state index contributed by atoms with van der Waals surface area (Å²) >= 11 is 0. The van der Waals surface area contributed by atoms with Crippen LogP contribution in [0.2, 0.25) is 25.7 Å². The molecule has 4 rings (SSSR count). The number of carbonyl (C=O) groups excluding carboxylic acids is 1. The van der Waals surface area contributed by atoms with Crippen molar-refractivity contribution in [2.24, 2.45) is 17.6 Å². The fourth-order valence-corrected chi connectivity index (χ4v) is 5.80. The first-order valence-corrected chi connectivity index (χ1v) is 16.1. The van der Waals surface area contributed by atoms with Crippen LogP contribution in [-0.4, -0.2) is 44.9 Å². The number of hydrogen-bond acceptors (Lipinski definition) is 5. The topological polar surface area (TPSA) is 101 Å². The molecule has 1 aliphatic carbocycles. The quantitative estimate of drug-likeness (QED) is 0.311. The number of fused-ring (bicyclic) bond motifs is 1. The Labute approximate surface area is 202 Å². The van der Waals surface area contributed by atoms with Crippen LogP contribution in [0.15, 0.2) is 31.0 Å². The maximum atomic E-state index is 11.9. The van der Waals surface area contributed by atoms with Crippen molar-refractivity contribution in [3.63, 3.8) is 0 Å². The summed E-state index contributed by atoms with van der Waals surface area (Å²) in [6, 6.07) is 3.12. The van der Waals surface area contributed by atoms with Gasteiger partial charge in [-0.2, -0.15) is 5.10 Å². The van der Waals surface area contributed by atoms with Gasteiger partial charge in [-0.3, -0.25) is 9.48 Å². The lowest BCUT2D eigenvalue weighted by atomic mass is 9.85. The zero-order valence-corrected chi connectivity index (χ0v) is 21.9.